The van der Waals surface area contributed by atoms with E-state index in [1.165, 1.54) is 0 Å². The van der Waals surface area contributed by atoms with Crippen molar-refractivity contribution in [2.45, 2.75) is 19.9 Å². The molecule has 6 nitrogen and oxygen atoms in total. The number of nitrogens with zero attached hydrogens (tertiary/aromatic N) is 1. The van der Waals surface area contributed by atoms with Gasteiger partial charge in [-0.25, -0.2) is 0 Å². The highest BCUT2D eigenvalue weighted by atomic mass is 32.1. The number of hydrogen-bond donors (Lipinski definition) is 2. The van der Waals surface area contributed by atoms with E-state index in [9.17, 15) is 14.9 Å². The van der Waals surface area contributed by atoms with E-state index in [2.05, 4.69) is 10.6 Å². The van der Waals surface area contributed by atoms with Crippen molar-refractivity contribution in [3.63, 3.8) is 0 Å². The Morgan fingerprint density at radius 1 is 1.59 bits per heavy atom. The molecule has 94 valence electrons. The van der Waals surface area contributed by atoms with Crippen molar-refractivity contribution in [2.24, 2.45) is 0 Å². The van der Waals surface area contributed by atoms with Gasteiger partial charge in [-0.3, -0.25) is 14.9 Å². The summed E-state index contributed by atoms with van der Waals surface area (Å²) in [6, 6.07) is 1.55. The molecule has 0 unspecified atom stereocenters. The van der Waals surface area contributed by atoms with Crippen LogP contribution in [-0.4, -0.2) is 23.9 Å². The number of amides is 1. The van der Waals surface area contributed by atoms with Crippen molar-refractivity contribution in [3.8, 4) is 0 Å². The number of nitrogens with one attached hydrogen (secondary N) is 2. The summed E-state index contributed by atoms with van der Waals surface area (Å²) in [5, 5.41) is 18.1. The van der Waals surface area contributed by atoms with Crippen LogP contribution in [0.15, 0.2) is 11.4 Å². The lowest BCUT2D eigenvalue weighted by Gasteiger charge is -2.03. The Kier molecular flexibility index (Phi) is 5.58. The Balaban J connectivity index is 2.22. The Hall–Kier alpha value is -1.47. The van der Waals surface area contributed by atoms with Crippen LogP contribution in [0.25, 0.3) is 0 Å². The summed E-state index contributed by atoms with van der Waals surface area (Å²) in [6.07, 6.45) is 0.417. The minimum Gasteiger partial charge on any atom is -0.356 e. The molecule has 1 heterocycles. The first-order valence-corrected chi connectivity index (χ1v) is 6.20. The van der Waals surface area contributed by atoms with E-state index in [1.807, 2.05) is 6.92 Å². The van der Waals surface area contributed by atoms with E-state index in [0.717, 1.165) is 16.9 Å². The van der Waals surface area contributed by atoms with E-state index < -0.39 is 4.92 Å². The van der Waals surface area contributed by atoms with Crippen LogP contribution in [0.3, 0.4) is 0 Å². The summed E-state index contributed by atoms with van der Waals surface area (Å²) in [7, 11) is 0. The van der Waals surface area contributed by atoms with Gasteiger partial charge in [-0.05, 0) is 12.5 Å². The topological polar surface area (TPSA) is 84.3 Å². The third-order valence-corrected chi connectivity index (χ3v) is 2.98. The number of carbonyl (C=O) groups is 1. The molecule has 0 fully saturated rings. The van der Waals surface area contributed by atoms with Gasteiger partial charge < -0.3 is 10.6 Å². The molecular weight excluding hydrogens is 242 g/mol. The normalized spacial score (nSPS) is 10.2. The summed E-state index contributed by atoms with van der Waals surface area (Å²) < 4.78 is 0. The summed E-state index contributed by atoms with van der Waals surface area (Å²) in [4.78, 5) is 21.2. The average molecular weight is 257 g/mol. The lowest BCUT2D eigenvalue weighted by Crippen LogP contribution is -2.27. The molecule has 0 radical (unpaired) electrons. The van der Waals surface area contributed by atoms with Gasteiger partial charge in [-0.2, -0.15) is 0 Å². The van der Waals surface area contributed by atoms with Crippen molar-refractivity contribution >= 4 is 22.2 Å². The molecule has 1 aromatic rings. The molecule has 0 aliphatic carbocycles. The van der Waals surface area contributed by atoms with Gasteiger partial charge in [0.25, 0.3) is 0 Å². The zero-order valence-electron chi connectivity index (χ0n) is 9.56. The fourth-order valence-corrected chi connectivity index (χ4v) is 2.00. The first-order chi connectivity index (χ1) is 8.13. The van der Waals surface area contributed by atoms with E-state index in [4.69, 9.17) is 0 Å². The quantitative estimate of drug-likeness (QED) is 0.437. The number of carbonyl (C=O) groups excluding carboxylic acids is 1. The highest BCUT2D eigenvalue weighted by Crippen LogP contribution is 2.22. The zero-order valence-corrected chi connectivity index (χ0v) is 10.4. The van der Waals surface area contributed by atoms with Crippen molar-refractivity contribution in [3.05, 3.63) is 27.1 Å². The van der Waals surface area contributed by atoms with Crippen LogP contribution < -0.4 is 10.6 Å². The third kappa shape index (κ3) is 4.92. The minimum absolute atomic E-state index is 0.0105. The molecule has 0 spiro atoms. The van der Waals surface area contributed by atoms with Crippen LogP contribution in [0.1, 0.15) is 18.9 Å². The van der Waals surface area contributed by atoms with E-state index >= 15 is 0 Å². The van der Waals surface area contributed by atoms with Crippen LogP contribution in [0, 0.1) is 10.1 Å². The van der Waals surface area contributed by atoms with Gasteiger partial charge in [-0.15, -0.1) is 0 Å². The number of nitro groups is 1. The van der Waals surface area contributed by atoms with Crippen LogP contribution in [0.5, 0.6) is 0 Å². The first-order valence-electron chi connectivity index (χ1n) is 5.32. The maximum atomic E-state index is 11.1. The Morgan fingerprint density at radius 2 is 2.35 bits per heavy atom. The van der Waals surface area contributed by atoms with Crippen LogP contribution in [-0.2, 0) is 11.3 Å². The summed E-state index contributed by atoms with van der Waals surface area (Å²) >= 11 is 1.11. The molecule has 0 saturated carbocycles. The molecule has 1 aromatic heterocycles. The molecule has 0 aliphatic heterocycles. The second-order valence-corrected chi connectivity index (χ2v) is 4.32. The van der Waals surface area contributed by atoms with Gasteiger partial charge in [0.15, 0.2) is 0 Å². The molecule has 0 bridgehead atoms. The van der Waals surface area contributed by atoms with Crippen molar-refractivity contribution in [1.82, 2.24) is 10.6 Å². The van der Waals surface area contributed by atoms with Gasteiger partial charge >= 0.3 is 5.00 Å². The summed E-state index contributed by atoms with van der Waals surface area (Å²) in [5.74, 6) is 0.0105. The van der Waals surface area contributed by atoms with Gasteiger partial charge in [0, 0.05) is 37.5 Å². The van der Waals surface area contributed by atoms with E-state index in [1.54, 1.807) is 11.4 Å². The van der Waals surface area contributed by atoms with Crippen molar-refractivity contribution < 1.29 is 9.72 Å². The Morgan fingerprint density at radius 3 is 2.94 bits per heavy atom. The van der Waals surface area contributed by atoms with E-state index in [0.29, 0.717) is 26.1 Å². The lowest BCUT2D eigenvalue weighted by molar-refractivity contribution is -0.380. The Labute approximate surface area is 103 Å². The van der Waals surface area contributed by atoms with Crippen molar-refractivity contribution in [2.75, 3.05) is 13.1 Å². The molecule has 0 saturated heterocycles. The standard InChI is InChI=1S/C10H15N3O3S/c1-2-12-9(14)3-4-11-6-8-5-10(13(15)16)17-7-8/h5,7,11H,2-4,6H2,1H3,(H,12,14). The smallest absolute Gasteiger partial charge is 0.324 e. The molecule has 1 rings (SSSR count). The van der Waals surface area contributed by atoms with Gasteiger partial charge in [0.1, 0.15) is 0 Å². The molecule has 17 heavy (non-hydrogen) atoms. The second-order valence-electron chi connectivity index (χ2n) is 3.43. The maximum Gasteiger partial charge on any atom is 0.324 e. The predicted molar refractivity (Wildman–Crippen MR) is 66.0 cm³/mol. The fraction of sp³-hybridized carbons (Fsp3) is 0.500. The minimum atomic E-state index is -0.400. The molecule has 0 aromatic carbocycles. The van der Waals surface area contributed by atoms with Crippen LogP contribution in [0.4, 0.5) is 5.00 Å². The second kappa shape index (κ2) is 6.97. The first kappa shape index (κ1) is 13.6. The number of hydrogen-bond acceptors (Lipinski definition) is 5. The number of rotatable bonds is 7. The largest absolute Gasteiger partial charge is 0.356 e. The lowest BCUT2D eigenvalue weighted by atomic mass is 10.3. The van der Waals surface area contributed by atoms with Crippen molar-refractivity contribution in [1.29, 1.82) is 0 Å². The maximum absolute atomic E-state index is 11.1. The molecule has 7 heteroatoms. The molecule has 0 atom stereocenters. The molecular formula is C10H15N3O3S. The highest BCUT2D eigenvalue weighted by Gasteiger charge is 2.08. The van der Waals surface area contributed by atoms with Gasteiger partial charge in [0.2, 0.25) is 5.91 Å². The average Bonchev–Trinajstić information content (AvgIpc) is 2.73. The Bertz CT molecular complexity index is 392. The zero-order chi connectivity index (χ0) is 12.7. The fourth-order valence-electron chi connectivity index (χ4n) is 1.27. The van der Waals surface area contributed by atoms with Crippen LogP contribution in [0.2, 0.25) is 0 Å². The van der Waals surface area contributed by atoms with Crippen LogP contribution >= 0.6 is 11.3 Å². The number of thiophene rings is 1. The molecule has 0 aliphatic rings. The van der Waals surface area contributed by atoms with E-state index in [-0.39, 0.29) is 10.9 Å². The SMILES string of the molecule is CCNC(=O)CCNCc1csc([N+](=O)[O-])c1. The highest BCUT2D eigenvalue weighted by molar-refractivity contribution is 7.13. The predicted octanol–water partition coefficient (Wildman–Crippen LogP) is 1.27. The molecule has 1 amide bonds. The molecule has 2 N–H and O–H groups in total. The third-order valence-electron chi connectivity index (χ3n) is 2.05. The summed E-state index contributed by atoms with van der Waals surface area (Å²) in [5.41, 5.74) is 0.873. The van der Waals surface area contributed by atoms with Gasteiger partial charge in [-0.1, -0.05) is 11.3 Å². The summed E-state index contributed by atoms with van der Waals surface area (Å²) in [6.45, 7) is 3.62. The monoisotopic (exact) mass is 257 g/mol. The van der Waals surface area contributed by atoms with Gasteiger partial charge in [0.05, 0.1) is 4.92 Å².